The zero-order chi connectivity index (χ0) is 14.4. The number of nitrogens with zero attached hydrogens (tertiary/aromatic N) is 1. The first-order valence-electron chi connectivity index (χ1n) is 5.47. The van der Waals surface area contributed by atoms with E-state index in [0.29, 0.717) is 18.7 Å². The van der Waals surface area contributed by atoms with Gasteiger partial charge in [-0.1, -0.05) is 0 Å². The van der Waals surface area contributed by atoms with Crippen molar-refractivity contribution in [2.24, 2.45) is 0 Å². The second kappa shape index (κ2) is 6.83. The van der Waals surface area contributed by atoms with E-state index in [1.165, 1.54) is 12.1 Å². The highest BCUT2D eigenvalue weighted by molar-refractivity contribution is 7.84. The van der Waals surface area contributed by atoms with Crippen LogP contribution < -0.4 is 5.32 Å². The van der Waals surface area contributed by atoms with Gasteiger partial charge < -0.3 is 10.4 Å². The molecule has 0 aliphatic heterocycles. The molecule has 0 aromatic heterocycles. The number of carbonyl (C=O) groups is 1. The third-order valence-corrected chi connectivity index (χ3v) is 3.23. The maximum atomic E-state index is 10.9. The van der Waals surface area contributed by atoms with Crippen LogP contribution in [-0.2, 0) is 10.8 Å². The van der Waals surface area contributed by atoms with Gasteiger partial charge in [0.1, 0.15) is 5.69 Å². The summed E-state index contributed by atoms with van der Waals surface area (Å²) in [6, 6.07) is 3.57. The summed E-state index contributed by atoms with van der Waals surface area (Å²) in [6.07, 6.45) is 2.16. The normalized spacial score (nSPS) is 11.8. The van der Waals surface area contributed by atoms with Gasteiger partial charge in [0.2, 0.25) is 0 Å². The lowest BCUT2D eigenvalue weighted by atomic mass is 10.1. The van der Waals surface area contributed by atoms with Crippen molar-refractivity contribution >= 4 is 28.1 Å². The number of hydrogen-bond donors (Lipinski definition) is 2. The summed E-state index contributed by atoms with van der Waals surface area (Å²) in [5, 5.41) is 22.5. The molecule has 0 fully saturated rings. The third kappa shape index (κ3) is 4.66. The molecule has 19 heavy (non-hydrogen) atoms. The van der Waals surface area contributed by atoms with Crippen LogP contribution in [0.2, 0.25) is 0 Å². The third-order valence-electron chi connectivity index (χ3n) is 2.36. The van der Waals surface area contributed by atoms with Crippen LogP contribution in [0.15, 0.2) is 18.2 Å². The Morgan fingerprint density at radius 2 is 2.21 bits per heavy atom. The summed E-state index contributed by atoms with van der Waals surface area (Å²) >= 11 is 0. The molecule has 104 valence electrons. The van der Waals surface area contributed by atoms with Crippen LogP contribution in [-0.4, -0.2) is 38.8 Å². The molecule has 1 unspecified atom stereocenters. The molecular formula is C11H14N2O5S. The smallest absolute Gasteiger partial charge is 0.335 e. The summed E-state index contributed by atoms with van der Waals surface area (Å²) in [4.78, 5) is 21.1. The van der Waals surface area contributed by atoms with Crippen molar-refractivity contribution in [3.05, 3.63) is 33.9 Å². The van der Waals surface area contributed by atoms with Gasteiger partial charge in [-0.25, -0.2) is 4.79 Å². The topological polar surface area (TPSA) is 110 Å². The molecule has 1 aromatic rings. The van der Waals surface area contributed by atoms with E-state index in [-0.39, 0.29) is 16.9 Å². The summed E-state index contributed by atoms with van der Waals surface area (Å²) in [7, 11) is -0.917. The Bertz CT molecular complexity index is 518. The second-order valence-corrected chi connectivity index (χ2v) is 5.41. The fourth-order valence-electron chi connectivity index (χ4n) is 1.47. The lowest BCUT2D eigenvalue weighted by molar-refractivity contribution is -0.384. The molecule has 8 heteroatoms. The SMILES string of the molecule is CS(=O)CCCNc1cc(C(=O)O)ccc1[N+](=O)[O-]. The van der Waals surface area contributed by atoms with Gasteiger partial charge in [-0.3, -0.25) is 14.3 Å². The number of carboxylic acid groups (broad SMARTS) is 1. The molecule has 0 heterocycles. The van der Waals surface area contributed by atoms with E-state index in [2.05, 4.69) is 5.32 Å². The summed E-state index contributed by atoms with van der Waals surface area (Å²) < 4.78 is 10.9. The molecule has 0 amide bonds. The summed E-state index contributed by atoms with van der Waals surface area (Å²) in [6.45, 7) is 0.392. The van der Waals surface area contributed by atoms with E-state index in [4.69, 9.17) is 5.11 Å². The van der Waals surface area contributed by atoms with Crippen LogP contribution in [0.3, 0.4) is 0 Å². The van der Waals surface area contributed by atoms with Gasteiger partial charge in [0.15, 0.2) is 0 Å². The quantitative estimate of drug-likeness (QED) is 0.446. The zero-order valence-corrected chi connectivity index (χ0v) is 11.1. The van der Waals surface area contributed by atoms with E-state index in [1.807, 2.05) is 0 Å². The Labute approximate surface area is 112 Å². The first-order valence-corrected chi connectivity index (χ1v) is 7.20. The Balaban J connectivity index is 2.82. The molecule has 1 aromatic carbocycles. The average Bonchev–Trinajstić information content (AvgIpc) is 2.33. The van der Waals surface area contributed by atoms with E-state index in [0.717, 1.165) is 6.07 Å². The van der Waals surface area contributed by atoms with Crippen LogP contribution in [0.1, 0.15) is 16.8 Å². The molecule has 0 spiro atoms. The number of rotatable bonds is 7. The van der Waals surface area contributed by atoms with Crippen molar-refractivity contribution in [1.82, 2.24) is 0 Å². The predicted octanol–water partition coefficient (Wildman–Crippen LogP) is 1.47. The maximum Gasteiger partial charge on any atom is 0.335 e. The van der Waals surface area contributed by atoms with Crippen molar-refractivity contribution in [2.75, 3.05) is 23.9 Å². The lowest BCUT2D eigenvalue weighted by Crippen LogP contribution is -2.09. The second-order valence-electron chi connectivity index (χ2n) is 3.85. The molecule has 1 rings (SSSR count). The van der Waals surface area contributed by atoms with Crippen LogP contribution in [0.5, 0.6) is 0 Å². The van der Waals surface area contributed by atoms with Crippen LogP contribution >= 0.6 is 0 Å². The molecule has 0 aliphatic rings. The fourth-order valence-corrected chi connectivity index (χ4v) is 2.02. The van der Waals surface area contributed by atoms with Crippen LogP contribution in [0, 0.1) is 10.1 Å². The molecule has 7 nitrogen and oxygen atoms in total. The lowest BCUT2D eigenvalue weighted by Gasteiger charge is -2.07. The number of nitro groups is 1. The number of carboxylic acids is 1. The van der Waals surface area contributed by atoms with E-state index in [9.17, 15) is 19.1 Å². The molecule has 0 aliphatic carbocycles. The van der Waals surface area contributed by atoms with E-state index < -0.39 is 21.7 Å². The van der Waals surface area contributed by atoms with Gasteiger partial charge in [0.25, 0.3) is 5.69 Å². The molecule has 2 N–H and O–H groups in total. The van der Waals surface area contributed by atoms with E-state index in [1.54, 1.807) is 6.26 Å². The first kappa shape index (κ1) is 15.1. The fraction of sp³-hybridized carbons (Fsp3) is 0.364. The number of benzene rings is 1. The largest absolute Gasteiger partial charge is 0.478 e. The predicted molar refractivity (Wildman–Crippen MR) is 72.1 cm³/mol. The number of nitrogens with one attached hydrogen (secondary N) is 1. The minimum atomic E-state index is -1.15. The standard InChI is InChI=1S/C11H14N2O5S/c1-19(18)6-2-5-12-9-7-8(11(14)15)3-4-10(9)13(16)17/h3-4,7,12H,2,5-6H2,1H3,(H,14,15). The van der Waals surface area contributed by atoms with Crippen molar-refractivity contribution in [1.29, 1.82) is 0 Å². The van der Waals surface area contributed by atoms with Crippen molar-refractivity contribution in [3.8, 4) is 0 Å². The monoisotopic (exact) mass is 286 g/mol. The van der Waals surface area contributed by atoms with E-state index >= 15 is 0 Å². The highest BCUT2D eigenvalue weighted by Crippen LogP contribution is 2.25. The van der Waals surface area contributed by atoms with Crippen molar-refractivity contribution < 1.29 is 19.0 Å². The maximum absolute atomic E-state index is 10.9. The number of nitro benzene ring substituents is 1. The molecule has 0 bridgehead atoms. The van der Waals surface area contributed by atoms with Gasteiger partial charge in [-0.15, -0.1) is 0 Å². The highest BCUT2D eigenvalue weighted by Gasteiger charge is 2.16. The minimum Gasteiger partial charge on any atom is -0.478 e. The molecule has 0 saturated carbocycles. The highest BCUT2D eigenvalue weighted by atomic mass is 32.2. The van der Waals surface area contributed by atoms with Gasteiger partial charge in [-0.2, -0.15) is 0 Å². The Morgan fingerprint density at radius 1 is 1.53 bits per heavy atom. The number of hydrogen-bond acceptors (Lipinski definition) is 5. The Kier molecular flexibility index (Phi) is 5.43. The first-order chi connectivity index (χ1) is 8.91. The van der Waals surface area contributed by atoms with Crippen molar-refractivity contribution in [2.45, 2.75) is 6.42 Å². The van der Waals surface area contributed by atoms with Gasteiger partial charge in [0.05, 0.1) is 10.5 Å². The van der Waals surface area contributed by atoms with Gasteiger partial charge in [0, 0.05) is 35.4 Å². The Hall–Kier alpha value is -1.96. The minimum absolute atomic E-state index is 0.0211. The van der Waals surface area contributed by atoms with Crippen LogP contribution in [0.4, 0.5) is 11.4 Å². The molecule has 1 atom stereocenters. The summed E-state index contributed by atoms with van der Waals surface area (Å²) in [5.41, 5.74) is -0.0402. The molecule has 0 radical (unpaired) electrons. The molecular weight excluding hydrogens is 272 g/mol. The Morgan fingerprint density at radius 3 is 2.74 bits per heavy atom. The van der Waals surface area contributed by atoms with Crippen molar-refractivity contribution in [3.63, 3.8) is 0 Å². The zero-order valence-electron chi connectivity index (χ0n) is 10.3. The number of anilines is 1. The molecule has 0 saturated heterocycles. The summed E-state index contributed by atoms with van der Waals surface area (Å²) in [5.74, 6) is -0.660. The van der Waals surface area contributed by atoms with Gasteiger partial charge >= 0.3 is 5.97 Å². The average molecular weight is 286 g/mol. The van der Waals surface area contributed by atoms with Gasteiger partial charge in [-0.05, 0) is 18.6 Å². The van der Waals surface area contributed by atoms with Crippen LogP contribution in [0.25, 0.3) is 0 Å². The number of aromatic carboxylic acids is 1.